The Morgan fingerprint density at radius 3 is 2.56 bits per heavy atom. The highest BCUT2D eigenvalue weighted by molar-refractivity contribution is 5.94. The monoisotopic (exact) mass is 368 g/mol. The van der Waals surface area contributed by atoms with Crippen LogP contribution in [-0.2, 0) is 13.1 Å². The number of nitrogens with one attached hydrogen (secondary N) is 1. The van der Waals surface area contributed by atoms with Crippen LogP contribution < -0.4 is 5.32 Å². The highest BCUT2D eigenvalue weighted by Crippen LogP contribution is 2.14. The third-order valence-electron chi connectivity index (χ3n) is 4.05. The van der Waals surface area contributed by atoms with Crippen LogP contribution in [0, 0.1) is 22.9 Å². The van der Waals surface area contributed by atoms with Gasteiger partial charge in [0, 0.05) is 12.1 Å². The van der Waals surface area contributed by atoms with Crippen LogP contribution in [-0.4, -0.2) is 20.6 Å². The number of amides is 1. The smallest absolute Gasteiger partial charge is 0.358 e. The molecule has 0 aliphatic heterocycles. The molecule has 0 unspecified atom stereocenters. The summed E-state index contributed by atoms with van der Waals surface area (Å²) in [5.74, 6) is -0.808. The average molecular weight is 368 g/mol. The minimum absolute atomic E-state index is 0.194. The summed E-state index contributed by atoms with van der Waals surface area (Å²) in [5, 5.41) is 17.5. The van der Waals surface area contributed by atoms with Gasteiger partial charge in [-0.25, -0.2) is 4.39 Å². The second-order valence-electron chi connectivity index (χ2n) is 6.07. The Labute approximate surface area is 154 Å². The Morgan fingerprint density at radius 2 is 1.93 bits per heavy atom. The van der Waals surface area contributed by atoms with Crippen LogP contribution in [0.5, 0.6) is 0 Å². The molecule has 0 aliphatic rings. The topological polar surface area (TPSA) is 90.1 Å². The first-order valence-electron chi connectivity index (χ1n) is 8.23. The second kappa shape index (κ2) is 7.77. The Kier molecular flexibility index (Phi) is 5.25. The van der Waals surface area contributed by atoms with Crippen molar-refractivity contribution >= 4 is 11.7 Å². The first kappa shape index (κ1) is 18.2. The van der Waals surface area contributed by atoms with Crippen LogP contribution in [0.3, 0.4) is 0 Å². The molecule has 138 valence electrons. The van der Waals surface area contributed by atoms with E-state index in [4.69, 9.17) is 0 Å². The predicted octanol–water partition coefficient (Wildman–Crippen LogP) is 3.22. The molecule has 1 N–H and O–H groups in total. The standard InChI is InChI=1S/C19H17FN4O3/c1-13-9-18(24(26)27)22-23(13)12-14-5-7-16(8-6-14)19(25)21-11-15-3-2-4-17(20)10-15/h2-10H,11-12H2,1H3,(H,21,25). The summed E-state index contributed by atoms with van der Waals surface area (Å²) < 4.78 is 14.7. The summed E-state index contributed by atoms with van der Waals surface area (Å²) in [5.41, 5.74) is 2.69. The highest BCUT2D eigenvalue weighted by Gasteiger charge is 2.15. The van der Waals surface area contributed by atoms with Gasteiger partial charge in [0.05, 0.1) is 23.4 Å². The predicted molar refractivity (Wildman–Crippen MR) is 96.7 cm³/mol. The molecule has 0 radical (unpaired) electrons. The number of rotatable bonds is 6. The van der Waals surface area contributed by atoms with Crippen LogP contribution in [0.2, 0.25) is 0 Å². The maximum atomic E-state index is 13.2. The normalized spacial score (nSPS) is 10.6. The maximum Gasteiger partial charge on any atom is 0.390 e. The zero-order valence-corrected chi connectivity index (χ0v) is 14.6. The van der Waals surface area contributed by atoms with Gasteiger partial charge in [0.2, 0.25) is 0 Å². The van der Waals surface area contributed by atoms with Crippen molar-refractivity contribution in [2.75, 3.05) is 0 Å². The lowest BCUT2D eigenvalue weighted by Gasteiger charge is -2.07. The van der Waals surface area contributed by atoms with Crippen molar-refractivity contribution in [3.63, 3.8) is 0 Å². The molecule has 0 fully saturated rings. The molecule has 0 spiro atoms. The molecule has 3 aromatic rings. The van der Waals surface area contributed by atoms with Crippen LogP contribution in [0.4, 0.5) is 10.2 Å². The molecule has 0 atom stereocenters. The third kappa shape index (κ3) is 4.55. The Morgan fingerprint density at radius 1 is 1.19 bits per heavy atom. The Hall–Kier alpha value is -3.55. The van der Waals surface area contributed by atoms with Gasteiger partial charge in [-0.3, -0.25) is 4.79 Å². The largest absolute Gasteiger partial charge is 0.390 e. The fraction of sp³-hybridized carbons (Fsp3) is 0.158. The summed E-state index contributed by atoms with van der Waals surface area (Å²) in [6.07, 6.45) is 0. The number of nitro groups is 1. The van der Waals surface area contributed by atoms with Gasteiger partial charge >= 0.3 is 5.82 Å². The SMILES string of the molecule is Cc1cc([N+](=O)[O-])nn1Cc1ccc(C(=O)NCc2cccc(F)c2)cc1. The van der Waals surface area contributed by atoms with E-state index < -0.39 is 4.92 Å². The molecule has 0 saturated heterocycles. The van der Waals surface area contributed by atoms with Gasteiger partial charge in [-0.05, 0) is 47.2 Å². The first-order valence-corrected chi connectivity index (χ1v) is 8.23. The molecule has 1 aromatic heterocycles. The lowest BCUT2D eigenvalue weighted by atomic mass is 10.1. The molecule has 2 aromatic carbocycles. The van der Waals surface area contributed by atoms with Crippen molar-refractivity contribution in [1.82, 2.24) is 15.1 Å². The number of hydrogen-bond acceptors (Lipinski definition) is 4. The van der Waals surface area contributed by atoms with Crippen LogP contribution in [0.1, 0.15) is 27.2 Å². The van der Waals surface area contributed by atoms with Crippen molar-refractivity contribution in [3.8, 4) is 0 Å². The van der Waals surface area contributed by atoms with Gasteiger partial charge < -0.3 is 15.4 Å². The lowest BCUT2D eigenvalue weighted by molar-refractivity contribution is -0.389. The van der Waals surface area contributed by atoms with Gasteiger partial charge in [0.25, 0.3) is 5.91 Å². The van der Waals surface area contributed by atoms with E-state index in [-0.39, 0.29) is 24.1 Å². The Balaban J connectivity index is 1.62. The van der Waals surface area contributed by atoms with Crippen molar-refractivity contribution in [1.29, 1.82) is 0 Å². The molecule has 1 heterocycles. The minimum Gasteiger partial charge on any atom is -0.358 e. The summed E-state index contributed by atoms with van der Waals surface area (Å²) in [7, 11) is 0. The van der Waals surface area contributed by atoms with E-state index in [0.717, 1.165) is 5.56 Å². The number of carbonyl (C=O) groups excluding carboxylic acids is 1. The molecule has 8 heteroatoms. The van der Waals surface area contributed by atoms with E-state index in [0.29, 0.717) is 23.4 Å². The van der Waals surface area contributed by atoms with Crippen LogP contribution in [0.15, 0.2) is 54.6 Å². The second-order valence-corrected chi connectivity index (χ2v) is 6.07. The number of nitrogens with zero attached hydrogens (tertiary/aromatic N) is 3. The number of aryl methyl sites for hydroxylation is 1. The molecule has 0 aliphatic carbocycles. The fourth-order valence-electron chi connectivity index (χ4n) is 2.61. The molecule has 0 saturated carbocycles. The number of halogens is 1. The van der Waals surface area contributed by atoms with Crippen molar-refractivity contribution in [3.05, 3.63) is 92.9 Å². The van der Waals surface area contributed by atoms with Crippen LogP contribution in [0.25, 0.3) is 0 Å². The molecule has 27 heavy (non-hydrogen) atoms. The molecule has 3 rings (SSSR count). The van der Waals surface area contributed by atoms with Gasteiger partial charge in [-0.2, -0.15) is 4.68 Å². The van der Waals surface area contributed by atoms with Crippen molar-refractivity contribution < 1.29 is 14.1 Å². The Bertz CT molecular complexity index is 983. The summed E-state index contributed by atoms with van der Waals surface area (Å²) in [4.78, 5) is 22.5. The minimum atomic E-state index is -0.532. The van der Waals surface area contributed by atoms with E-state index in [2.05, 4.69) is 10.4 Å². The van der Waals surface area contributed by atoms with E-state index in [9.17, 15) is 19.3 Å². The molecular formula is C19H17FN4O3. The summed E-state index contributed by atoms with van der Waals surface area (Å²) in [6, 6.07) is 14.3. The van der Waals surface area contributed by atoms with Gasteiger partial charge in [0.15, 0.2) is 0 Å². The zero-order valence-electron chi connectivity index (χ0n) is 14.6. The van der Waals surface area contributed by atoms with Gasteiger partial charge in [0.1, 0.15) is 5.82 Å². The van der Waals surface area contributed by atoms with Gasteiger partial charge in [-0.15, -0.1) is 0 Å². The number of aromatic nitrogens is 2. The summed E-state index contributed by atoms with van der Waals surface area (Å²) in [6.45, 7) is 2.34. The van der Waals surface area contributed by atoms with Crippen molar-refractivity contribution in [2.45, 2.75) is 20.0 Å². The summed E-state index contributed by atoms with van der Waals surface area (Å²) >= 11 is 0. The molecule has 1 amide bonds. The van der Waals surface area contributed by atoms with E-state index in [1.807, 2.05) is 0 Å². The number of benzene rings is 2. The highest BCUT2D eigenvalue weighted by atomic mass is 19.1. The number of carbonyl (C=O) groups is 1. The number of hydrogen-bond donors (Lipinski definition) is 1. The van der Waals surface area contributed by atoms with E-state index in [1.165, 1.54) is 22.9 Å². The quantitative estimate of drug-likeness (QED) is 0.534. The molecule has 7 nitrogen and oxygen atoms in total. The zero-order chi connectivity index (χ0) is 19.4. The lowest BCUT2D eigenvalue weighted by Crippen LogP contribution is -2.22. The average Bonchev–Trinajstić information content (AvgIpc) is 3.01. The third-order valence-corrected chi connectivity index (χ3v) is 4.05. The van der Waals surface area contributed by atoms with E-state index >= 15 is 0 Å². The first-order chi connectivity index (χ1) is 12.9. The molecule has 0 bridgehead atoms. The van der Waals surface area contributed by atoms with Crippen LogP contribution >= 0.6 is 0 Å². The van der Waals surface area contributed by atoms with Crippen molar-refractivity contribution in [2.24, 2.45) is 0 Å². The maximum absolute atomic E-state index is 13.2. The fourth-order valence-corrected chi connectivity index (χ4v) is 2.61. The molecular weight excluding hydrogens is 351 g/mol. The van der Waals surface area contributed by atoms with E-state index in [1.54, 1.807) is 43.3 Å². The van der Waals surface area contributed by atoms with Gasteiger partial charge in [-0.1, -0.05) is 24.3 Å².